The monoisotopic (exact) mass is 458 g/mol. The molecule has 3 aromatic rings. The molecule has 6 nitrogen and oxygen atoms in total. The molecule has 0 saturated carbocycles. The number of rotatable bonds is 8. The SMILES string of the molecule is Cc1ccccc1C(=O)NC1CCN(C(=O)COc2ccc(OCc3ccccc3)cc2)CC1. The topological polar surface area (TPSA) is 67.9 Å². The molecule has 0 radical (unpaired) electrons. The molecule has 0 atom stereocenters. The third-order valence-corrected chi connectivity index (χ3v) is 6.01. The average molecular weight is 459 g/mol. The van der Waals surface area contributed by atoms with Crippen LogP contribution < -0.4 is 14.8 Å². The number of carbonyl (C=O) groups is 2. The number of carbonyl (C=O) groups excluding carboxylic acids is 2. The van der Waals surface area contributed by atoms with E-state index < -0.39 is 0 Å². The van der Waals surface area contributed by atoms with E-state index in [1.165, 1.54) is 0 Å². The van der Waals surface area contributed by atoms with Gasteiger partial charge in [-0.3, -0.25) is 9.59 Å². The highest BCUT2D eigenvalue weighted by Crippen LogP contribution is 2.19. The van der Waals surface area contributed by atoms with Gasteiger partial charge in [0.05, 0.1) is 0 Å². The minimum Gasteiger partial charge on any atom is -0.489 e. The van der Waals surface area contributed by atoms with Gasteiger partial charge < -0.3 is 19.7 Å². The van der Waals surface area contributed by atoms with E-state index in [0.29, 0.717) is 31.0 Å². The fourth-order valence-corrected chi connectivity index (χ4v) is 3.97. The summed E-state index contributed by atoms with van der Waals surface area (Å²) in [6.45, 7) is 3.63. The highest BCUT2D eigenvalue weighted by Gasteiger charge is 2.24. The lowest BCUT2D eigenvalue weighted by Crippen LogP contribution is -2.47. The van der Waals surface area contributed by atoms with Crippen molar-refractivity contribution >= 4 is 11.8 Å². The highest BCUT2D eigenvalue weighted by atomic mass is 16.5. The Morgan fingerprint density at radius 3 is 2.15 bits per heavy atom. The standard InChI is InChI=1S/C28H30N2O4/c1-21-7-5-6-10-26(21)28(32)29-23-15-17-30(18-16-23)27(31)20-34-25-13-11-24(12-14-25)33-19-22-8-3-2-4-9-22/h2-14,23H,15-20H2,1H3,(H,29,32). The zero-order chi connectivity index (χ0) is 23.8. The van der Waals surface area contributed by atoms with E-state index in [0.717, 1.165) is 29.7 Å². The van der Waals surface area contributed by atoms with Gasteiger partial charge in [0.2, 0.25) is 0 Å². The second-order valence-corrected chi connectivity index (χ2v) is 8.48. The summed E-state index contributed by atoms with van der Waals surface area (Å²) in [5.74, 6) is 1.27. The van der Waals surface area contributed by atoms with Crippen LogP contribution in [0.3, 0.4) is 0 Å². The van der Waals surface area contributed by atoms with E-state index in [2.05, 4.69) is 5.32 Å². The molecular weight excluding hydrogens is 428 g/mol. The molecule has 2 amide bonds. The van der Waals surface area contributed by atoms with Crippen molar-refractivity contribution in [1.82, 2.24) is 10.2 Å². The Bertz CT molecular complexity index is 1090. The molecule has 34 heavy (non-hydrogen) atoms. The number of piperidine rings is 1. The van der Waals surface area contributed by atoms with Crippen LogP contribution in [0, 0.1) is 6.92 Å². The van der Waals surface area contributed by atoms with Crippen molar-refractivity contribution in [3.8, 4) is 11.5 Å². The molecule has 4 rings (SSSR count). The van der Waals surface area contributed by atoms with Gasteiger partial charge in [-0.2, -0.15) is 0 Å². The second-order valence-electron chi connectivity index (χ2n) is 8.48. The van der Waals surface area contributed by atoms with Gasteiger partial charge in [-0.1, -0.05) is 48.5 Å². The van der Waals surface area contributed by atoms with Crippen LogP contribution in [0.5, 0.6) is 11.5 Å². The molecule has 1 fully saturated rings. The first kappa shape index (κ1) is 23.4. The van der Waals surface area contributed by atoms with Crippen molar-refractivity contribution in [3.63, 3.8) is 0 Å². The van der Waals surface area contributed by atoms with Crippen molar-refractivity contribution in [1.29, 1.82) is 0 Å². The first-order chi connectivity index (χ1) is 16.6. The Morgan fingerprint density at radius 1 is 0.853 bits per heavy atom. The molecule has 1 saturated heterocycles. The van der Waals surface area contributed by atoms with Crippen LogP contribution in [-0.2, 0) is 11.4 Å². The second kappa shape index (κ2) is 11.4. The van der Waals surface area contributed by atoms with E-state index in [-0.39, 0.29) is 24.5 Å². The number of nitrogens with zero attached hydrogens (tertiary/aromatic N) is 1. The maximum Gasteiger partial charge on any atom is 0.260 e. The summed E-state index contributed by atoms with van der Waals surface area (Å²) in [5.41, 5.74) is 2.76. The zero-order valence-corrected chi connectivity index (χ0v) is 19.4. The minimum absolute atomic E-state index is 0.00947. The van der Waals surface area contributed by atoms with Crippen molar-refractivity contribution in [2.45, 2.75) is 32.4 Å². The number of benzene rings is 3. The number of nitrogens with one attached hydrogen (secondary N) is 1. The summed E-state index contributed by atoms with van der Waals surface area (Å²) < 4.78 is 11.5. The molecule has 0 spiro atoms. The van der Waals surface area contributed by atoms with Crippen molar-refractivity contribution in [3.05, 3.63) is 95.6 Å². The number of amides is 2. The number of hydrogen-bond donors (Lipinski definition) is 1. The molecule has 0 aromatic heterocycles. The van der Waals surface area contributed by atoms with Crippen molar-refractivity contribution in [2.75, 3.05) is 19.7 Å². The zero-order valence-electron chi connectivity index (χ0n) is 19.4. The van der Waals surface area contributed by atoms with E-state index in [1.807, 2.05) is 73.7 Å². The van der Waals surface area contributed by atoms with Gasteiger partial charge in [-0.15, -0.1) is 0 Å². The summed E-state index contributed by atoms with van der Waals surface area (Å²) in [4.78, 5) is 26.9. The largest absolute Gasteiger partial charge is 0.489 e. The van der Waals surface area contributed by atoms with Gasteiger partial charge >= 0.3 is 0 Å². The molecule has 6 heteroatoms. The van der Waals surface area contributed by atoms with Gasteiger partial charge in [-0.25, -0.2) is 0 Å². The lowest BCUT2D eigenvalue weighted by atomic mass is 10.0. The first-order valence-corrected chi connectivity index (χ1v) is 11.6. The van der Waals surface area contributed by atoms with Crippen LogP contribution in [0.15, 0.2) is 78.9 Å². The highest BCUT2D eigenvalue weighted by molar-refractivity contribution is 5.95. The lowest BCUT2D eigenvalue weighted by Gasteiger charge is -2.32. The Morgan fingerprint density at radius 2 is 1.47 bits per heavy atom. The van der Waals surface area contributed by atoms with E-state index >= 15 is 0 Å². The smallest absolute Gasteiger partial charge is 0.260 e. The van der Waals surface area contributed by atoms with E-state index in [9.17, 15) is 9.59 Å². The number of aryl methyl sites for hydroxylation is 1. The molecule has 0 bridgehead atoms. The summed E-state index contributed by atoms with van der Waals surface area (Å²) in [6, 6.07) is 24.9. The Hall–Kier alpha value is -3.80. The third kappa shape index (κ3) is 6.38. The molecule has 176 valence electrons. The summed E-state index contributed by atoms with van der Waals surface area (Å²) >= 11 is 0. The van der Waals surface area contributed by atoms with Gasteiger partial charge in [-0.05, 0) is 61.2 Å². The number of likely N-dealkylation sites (tertiary alicyclic amines) is 1. The number of hydrogen-bond acceptors (Lipinski definition) is 4. The van der Waals surface area contributed by atoms with Crippen LogP contribution in [-0.4, -0.2) is 42.5 Å². The maximum atomic E-state index is 12.6. The van der Waals surface area contributed by atoms with E-state index in [1.54, 1.807) is 17.0 Å². The van der Waals surface area contributed by atoms with E-state index in [4.69, 9.17) is 9.47 Å². The quantitative estimate of drug-likeness (QED) is 0.544. The predicted molar refractivity (Wildman–Crippen MR) is 131 cm³/mol. The van der Waals surface area contributed by atoms with Gasteiger partial charge in [0, 0.05) is 24.7 Å². The fraction of sp³-hybridized carbons (Fsp3) is 0.286. The summed E-state index contributed by atoms with van der Waals surface area (Å²) in [5, 5.41) is 3.10. The van der Waals surface area contributed by atoms with Crippen molar-refractivity contribution < 1.29 is 19.1 Å². The third-order valence-electron chi connectivity index (χ3n) is 6.01. The molecular formula is C28H30N2O4. The first-order valence-electron chi connectivity index (χ1n) is 11.6. The Kier molecular flexibility index (Phi) is 7.81. The van der Waals surface area contributed by atoms with Crippen LogP contribution >= 0.6 is 0 Å². The normalized spacial score (nSPS) is 13.9. The molecule has 1 heterocycles. The maximum absolute atomic E-state index is 12.6. The molecule has 0 aliphatic carbocycles. The molecule has 1 N–H and O–H groups in total. The van der Waals surface area contributed by atoms with Crippen molar-refractivity contribution in [2.24, 2.45) is 0 Å². The van der Waals surface area contributed by atoms with Gasteiger partial charge in [0.25, 0.3) is 11.8 Å². The van der Waals surface area contributed by atoms with Crippen LogP contribution in [0.25, 0.3) is 0 Å². The lowest BCUT2D eigenvalue weighted by molar-refractivity contribution is -0.134. The van der Waals surface area contributed by atoms with Gasteiger partial charge in [0.1, 0.15) is 18.1 Å². The molecule has 3 aromatic carbocycles. The molecule has 1 aliphatic rings. The minimum atomic E-state index is -0.0533. The summed E-state index contributed by atoms with van der Waals surface area (Å²) in [6.07, 6.45) is 1.47. The van der Waals surface area contributed by atoms with Crippen LogP contribution in [0.4, 0.5) is 0 Å². The Labute approximate surface area is 200 Å². The molecule has 0 unspecified atom stereocenters. The van der Waals surface area contributed by atoms with Gasteiger partial charge in [0.15, 0.2) is 6.61 Å². The molecule has 1 aliphatic heterocycles. The average Bonchev–Trinajstić information content (AvgIpc) is 2.88. The van der Waals surface area contributed by atoms with Crippen LogP contribution in [0.2, 0.25) is 0 Å². The predicted octanol–water partition coefficient (Wildman–Crippen LogP) is 4.37. The fourth-order valence-electron chi connectivity index (χ4n) is 3.97. The summed E-state index contributed by atoms with van der Waals surface area (Å²) in [7, 11) is 0. The van der Waals surface area contributed by atoms with Crippen LogP contribution in [0.1, 0.15) is 34.3 Å². The number of ether oxygens (including phenoxy) is 2. The Balaban J connectivity index is 1.18.